The molecule has 1 aromatic heterocycles. The van der Waals surface area contributed by atoms with Crippen LogP contribution in [0.15, 0.2) is 16.9 Å². The highest BCUT2D eigenvalue weighted by Crippen LogP contribution is 2.14. The van der Waals surface area contributed by atoms with E-state index in [1.165, 1.54) is 0 Å². The minimum Gasteiger partial charge on any atom is -0.306 e. The quantitative estimate of drug-likeness (QED) is 0.617. The van der Waals surface area contributed by atoms with Crippen molar-refractivity contribution >= 4 is 11.0 Å². The molecule has 1 aromatic carbocycles. The van der Waals surface area contributed by atoms with Crippen molar-refractivity contribution in [2.45, 2.75) is 13.8 Å². The summed E-state index contributed by atoms with van der Waals surface area (Å²) >= 11 is 0. The van der Waals surface area contributed by atoms with Crippen LogP contribution in [0.1, 0.15) is 14.0 Å². The van der Waals surface area contributed by atoms with E-state index in [0.717, 1.165) is 22.2 Å². The molecule has 0 radical (unpaired) electrons. The van der Waals surface area contributed by atoms with E-state index in [9.17, 15) is 4.79 Å². The van der Waals surface area contributed by atoms with E-state index < -0.39 is 0 Å². The van der Waals surface area contributed by atoms with Gasteiger partial charge in [-0.25, -0.2) is 4.79 Å². The van der Waals surface area contributed by atoms with Crippen LogP contribution < -0.4 is 5.69 Å². The third-order valence-corrected chi connectivity index (χ3v) is 1.97. The molecule has 0 unspecified atom stereocenters. The zero-order chi connectivity index (χ0) is 8.72. The Hall–Kier alpha value is -1.51. The average molecular weight is 166 g/mol. The van der Waals surface area contributed by atoms with Crippen LogP contribution in [0.5, 0.6) is 0 Å². The molecule has 12 heavy (non-hydrogen) atoms. The van der Waals surface area contributed by atoms with Crippen LogP contribution in [0.4, 0.5) is 0 Å². The molecule has 1 heterocycles. The van der Waals surface area contributed by atoms with E-state index in [2.05, 4.69) is 9.97 Å². The Morgan fingerprint density at radius 3 is 2.75 bits per heavy atom. The normalized spacial score (nSPS) is 10.8. The Kier molecular flexibility index (Phi) is 1.33. The SMILES string of the molecule is Cc1cc(C)c2[nH]c(=O)[nH]c2c1.[HH].[HH]. The summed E-state index contributed by atoms with van der Waals surface area (Å²) in [4.78, 5) is 16.4. The van der Waals surface area contributed by atoms with E-state index in [1.54, 1.807) is 0 Å². The van der Waals surface area contributed by atoms with Gasteiger partial charge in [0, 0.05) is 2.85 Å². The lowest BCUT2D eigenvalue weighted by atomic mass is 10.1. The summed E-state index contributed by atoms with van der Waals surface area (Å²) in [5, 5.41) is 0. The number of hydrogen-bond donors (Lipinski definition) is 2. The van der Waals surface area contributed by atoms with Crippen molar-refractivity contribution in [3.8, 4) is 0 Å². The highest BCUT2D eigenvalue weighted by molar-refractivity contribution is 5.78. The second-order valence-electron chi connectivity index (χ2n) is 3.08. The number of aryl methyl sites for hydroxylation is 2. The van der Waals surface area contributed by atoms with Gasteiger partial charge in [0.05, 0.1) is 11.0 Å². The molecule has 0 aliphatic heterocycles. The Labute approximate surface area is 72.4 Å². The lowest BCUT2D eigenvalue weighted by molar-refractivity contribution is 1.21. The average Bonchev–Trinajstić information content (AvgIpc) is 2.29. The standard InChI is InChI=1S/C9H10N2O.2H2/c1-5-3-6(2)8-7(4-5)10-9(12)11-8;;/h3-4H,1-2H3,(H2,10,11,12);2*1H. The van der Waals surface area contributed by atoms with E-state index in [1.807, 2.05) is 26.0 Å². The predicted molar refractivity (Wildman–Crippen MR) is 52.6 cm³/mol. The summed E-state index contributed by atoms with van der Waals surface area (Å²) in [5.74, 6) is 0. The maximum Gasteiger partial charge on any atom is 0.323 e. The Balaban J connectivity index is 0.000000845. The molecule has 0 aliphatic rings. The van der Waals surface area contributed by atoms with Gasteiger partial charge in [0.2, 0.25) is 0 Å². The number of aromatic nitrogens is 2. The Morgan fingerprint density at radius 1 is 1.25 bits per heavy atom. The van der Waals surface area contributed by atoms with Gasteiger partial charge in [-0.15, -0.1) is 0 Å². The molecule has 3 heteroatoms. The van der Waals surface area contributed by atoms with Crippen LogP contribution in [0.25, 0.3) is 11.0 Å². The first-order chi connectivity index (χ1) is 5.66. The summed E-state index contributed by atoms with van der Waals surface area (Å²) in [5.41, 5.74) is 3.92. The lowest BCUT2D eigenvalue weighted by Gasteiger charge is -1.96. The number of imidazole rings is 1. The monoisotopic (exact) mass is 166 g/mol. The van der Waals surface area contributed by atoms with E-state index in [4.69, 9.17) is 0 Å². The smallest absolute Gasteiger partial charge is 0.306 e. The predicted octanol–water partition coefficient (Wildman–Crippen LogP) is 1.97. The fourth-order valence-corrected chi connectivity index (χ4v) is 1.50. The fraction of sp³-hybridized carbons (Fsp3) is 0.222. The minimum absolute atomic E-state index is 0. The van der Waals surface area contributed by atoms with Crippen LogP contribution in [0.3, 0.4) is 0 Å². The molecule has 2 aromatic rings. The van der Waals surface area contributed by atoms with Crippen molar-refractivity contribution in [2.75, 3.05) is 0 Å². The van der Waals surface area contributed by atoms with Gasteiger partial charge in [0.25, 0.3) is 0 Å². The number of benzene rings is 1. The summed E-state index contributed by atoms with van der Waals surface area (Å²) in [6, 6.07) is 4.01. The molecular formula is C9H14N2O. The molecule has 0 bridgehead atoms. The van der Waals surface area contributed by atoms with Gasteiger partial charge in [-0.2, -0.15) is 0 Å². The summed E-state index contributed by atoms with van der Waals surface area (Å²) in [6.45, 7) is 4.00. The summed E-state index contributed by atoms with van der Waals surface area (Å²) in [7, 11) is 0. The first-order valence-corrected chi connectivity index (χ1v) is 3.86. The van der Waals surface area contributed by atoms with Crippen molar-refractivity contribution in [1.29, 1.82) is 0 Å². The lowest BCUT2D eigenvalue weighted by Crippen LogP contribution is -1.99. The zero-order valence-corrected chi connectivity index (χ0v) is 7.06. The molecule has 2 rings (SSSR count). The third kappa shape index (κ3) is 0.942. The first kappa shape index (κ1) is 7.16. The molecule has 0 amide bonds. The van der Waals surface area contributed by atoms with Gasteiger partial charge in [0.15, 0.2) is 0 Å². The number of H-pyrrole nitrogens is 2. The zero-order valence-electron chi connectivity index (χ0n) is 7.06. The maximum atomic E-state index is 10.9. The third-order valence-electron chi connectivity index (χ3n) is 1.97. The number of fused-ring (bicyclic) bond motifs is 1. The van der Waals surface area contributed by atoms with Gasteiger partial charge < -0.3 is 9.97 Å². The highest BCUT2D eigenvalue weighted by Gasteiger charge is 2.00. The first-order valence-electron chi connectivity index (χ1n) is 3.86. The maximum absolute atomic E-state index is 10.9. The Bertz CT molecular complexity index is 487. The minimum atomic E-state index is -0.140. The molecule has 0 saturated carbocycles. The Morgan fingerprint density at radius 2 is 2.00 bits per heavy atom. The van der Waals surface area contributed by atoms with Gasteiger partial charge in [0.1, 0.15) is 0 Å². The van der Waals surface area contributed by atoms with E-state index >= 15 is 0 Å². The van der Waals surface area contributed by atoms with E-state index in [-0.39, 0.29) is 8.54 Å². The van der Waals surface area contributed by atoms with Crippen molar-refractivity contribution in [3.63, 3.8) is 0 Å². The fourth-order valence-electron chi connectivity index (χ4n) is 1.50. The van der Waals surface area contributed by atoms with Crippen molar-refractivity contribution < 1.29 is 2.85 Å². The molecule has 3 nitrogen and oxygen atoms in total. The van der Waals surface area contributed by atoms with Crippen LogP contribution in [0.2, 0.25) is 0 Å². The molecule has 0 fully saturated rings. The van der Waals surface area contributed by atoms with Crippen LogP contribution in [0, 0.1) is 13.8 Å². The van der Waals surface area contributed by atoms with Crippen molar-refractivity contribution in [3.05, 3.63) is 33.7 Å². The van der Waals surface area contributed by atoms with Crippen LogP contribution in [-0.2, 0) is 0 Å². The summed E-state index contributed by atoms with van der Waals surface area (Å²) in [6.07, 6.45) is 0. The second kappa shape index (κ2) is 2.24. The largest absolute Gasteiger partial charge is 0.323 e. The topological polar surface area (TPSA) is 48.6 Å². The van der Waals surface area contributed by atoms with Crippen molar-refractivity contribution in [1.82, 2.24) is 9.97 Å². The molecule has 66 valence electrons. The number of hydrogen-bond acceptors (Lipinski definition) is 1. The van der Waals surface area contributed by atoms with Crippen LogP contribution >= 0.6 is 0 Å². The van der Waals surface area contributed by atoms with Crippen molar-refractivity contribution in [2.24, 2.45) is 0 Å². The molecule has 0 atom stereocenters. The number of aromatic amines is 2. The van der Waals surface area contributed by atoms with Gasteiger partial charge >= 0.3 is 5.69 Å². The van der Waals surface area contributed by atoms with Crippen LogP contribution in [-0.4, -0.2) is 9.97 Å². The molecule has 2 N–H and O–H groups in total. The molecular weight excluding hydrogens is 152 g/mol. The number of rotatable bonds is 0. The highest BCUT2D eigenvalue weighted by atomic mass is 16.1. The van der Waals surface area contributed by atoms with Gasteiger partial charge in [-0.05, 0) is 31.0 Å². The van der Waals surface area contributed by atoms with E-state index in [0.29, 0.717) is 0 Å². The molecule has 0 spiro atoms. The van der Waals surface area contributed by atoms with Gasteiger partial charge in [-0.1, -0.05) is 6.07 Å². The molecule has 0 saturated heterocycles. The van der Waals surface area contributed by atoms with Gasteiger partial charge in [-0.3, -0.25) is 0 Å². The molecule has 0 aliphatic carbocycles. The summed E-state index contributed by atoms with van der Waals surface area (Å²) < 4.78 is 0. The number of nitrogens with one attached hydrogen (secondary N) is 2. The second-order valence-corrected chi connectivity index (χ2v) is 3.08.